The molecule has 1 atom stereocenters. The highest BCUT2D eigenvalue weighted by molar-refractivity contribution is 5.94. The average molecular weight is 311 g/mol. The Hall–Kier alpha value is -1.06. The molecule has 1 aromatic rings. The molecule has 3 nitrogen and oxygen atoms in total. The van der Waals surface area contributed by atoms with Gasteiger partial charge in [0.15, 0.2) is 0 Å². The maximum Gasteiger partial charge on any atom is 0.253 e. The van der Waals surface area contributed by atoms with Crippen molar-refractivity contribution in [2.45, 2.75) is 45.6 Å². The Morgan fingerprint density at radius 3 is 2.10 bits per heavy atom. The van der Waals surface area contributed by atoms with Crippen molar-refractivity contribution in [3.8, 4) is 0 Å². The van der Waals surface area contributed by atoms with Gasteiger partial charge in [-0.2, -0.15) is 0 Å². The minimum absolute atomic E-state index is 0. The molecule has 1 unspecified atom stereocenters. The largest absolute Gasteiger partial charge is 0.339 e. The first-order valence-corrected chi connectivity index (χ1v) is 7.64. The van der Waals surface area contributed by atoms with Crippen molar-refractivity contribution in [3.63, 3.8) is 0 Å². The summed E-state index contributed by atoms with van der Waals surface area (Å²) < 4.78 is 0. The lowest BCUT2D eigenvalue weighted by Gasteiger charge is -2.33. The molecule has 1 aliphatic heterocycles. The van der Waals surface area contributed by atoms with E-state index in [-0.39, 0.29) is 24.4 Å². The first-order chi connectivity index (χ1) is 9.49. The molecule has 2 N–H and O–H groups in total. The Labute approximate surface area is 134 Å². The molecular formula is C17H27ClN2O. The predicted octanol–water partition coefficient (Wildman–Crippen LogP) is 3.43. The van der Waals surface area contributed by atoms with E-state index in [9.17, 15) is 4.79 Å². The fraction of sp³-hybridized carbons (Fsp3) is 0.588. The van der Waals surface area contributed by atoms with Crippen molar-refractivity contribution in [2.24, 2.45) is 11.7 Å². The molecule has 1 aromatic carbocycles. The number of rotatable bonds is 3. The van der Waals surface area contributed by atoms with Gasteiger partial charge in [-0.3, -0.25) is 4.79 Å². The van der Waals surface area contributed by atoms with Crippen molar-refractivity contribution in [3.05, 3.63) is 35.4 Å². The zero-order chi connectivity index (χ0) is 14.7. The summed E-state index contributed by atoms with van der Waals surface area (Å²) in [4.78, 5) is 14.4. The van der Waals surface area contributed by atoms with E-state index < -0.39 is 0 Å². The predicted molar refractivity (Wildman–Crippen MR) is 90.1 cm³/mol. The molecular weight excluding hydrogens is 284 g/mol. The summed E-state index contributed by atoms with van der Waals surface area (Å²) in [5.41, 5.74) is 8.02. The van der Waals surface area contributed by atoms with Gasteiger partial charge in [-0.25, -0.2) is 0 Å². The molecule has 0 aliphatic carbocycles. The smallest absolute Gasteiger partial charge is 0.253 e. The lowest BCUT2D eigenvalue weighted by molar-refractivity contribution is 0.0681. The standard InChI is InChI=1S/C17H26N2O.ClH/c1-12(2)14-4-6-16(7-5-14)17(20)19-10-8-15(9-11-19)13(3)18;/h4-7,12-13,15H,8-11,18H2,1-3H3;1H. The zero-order valence-electron chi connectivity index (χ0n) is 13.2. The summed E-state index contributed by atoms with van der Waals surface area (Å²) in [6, 6.07) is 8.27. The molecule has 21 heavy (non-hydrogen) atoms. The van der Waals surface area contributed by atoms with Crippen LogP contribution in [0.15, 0.2) is 24.3 Å². The number of halogens is 1. The summed E-state index contributed by atoms with van der Waals surface area (Å²) in [5, 5.41) is 0. The van der Waals surface area contributed by atoms with Gasteiger partial charge in [0.2, 0.25) is 0 Å². The van der Waals surface area contributed by atoms with Gasteiger partial charge in [-0.15, -0.1) is 12.4 Å². The van der Waals surface area contributed by atoms with Crippen LogP contribution < -0.4 is 5.73 Å². The SMILES string of the molecule is CC(C)c1ccc(C(=O)N2CCC(C(C)N)CC2)cc1.Cl. The Morgan fingerprint density at radius 2 is 1.67 bits per heavy atom. The maximum atomic E-state index is 12.5. The van der Waals surface area contributed by atoms with Gasteiger partial charge in [-0.05, 0) is 49.3 Å². The number of likely N-dealkylation sites (tertiary alicyclic amines) is 1. The molecule has 1 amide bonds. The number of amides is 1. The van der Waals surface area contributed by atoms with Gasteiger partial charge < -0.3 is 10.6 Å². The van der Waals surface area contributed by atoms with E-state index in [0.717, 1.165) is 31.5 Å². The normalized spacial score (nSPS) is 17.5. The second-order valence-corrected chi connectivity index (χ2v) is 6.27. The van der Waals surface area contributed by atoms with Crippen molar-refractivity contribution in [1.82, 2.24) is 4.90 Å². The number of nitrogens with zero attached hydrogens (tertiary/aromatic N) is 1. The second-order valence-electron chi connectivity index (χ2n) is 6.27. The van der Waals surface area contributed by atoms with Crippen LogP contribution in [0.1, 0.15) is 55.5 Å². The molecule has 1 heterocycles. The second kappa shape index (κ2) is 7.81. The highest BCUT2D eigenvalue weighted by atomic mass is 35.5. The minimum Gasteiger partial charge on any atom is -0.339 e. The Bertz CT molecular complexity index is 448. The molecule has 118 valence electrons. The summed E-state index contributed by atoms with van der Waals surface area (Å²) in [6.07, 6.45) is 2.04. The fourth-order valence-electron chi connectivity index (χ4n) is 2.82. The van der Waals surface area contributed by atoms with E-state index in [1.165, 1.54) is 5.56 Å². The Kier molecular flexibility index (Phi) is 6.69. The van der Waals surface area contributed by atoms with Crippen LogP contribution in [-0.2, 0) is 0 Å². The van der Waals surface area contributed by atoms with Crippen LogP contribution in [0.5, 0.6) is 0 Å². The maximum absolute atomic E-state index is 12.5. The Morgan fingerprint density at radius 1 is 1.14 bits per heavy atom. The summed E-state index contributed by atoms with van der Waals surface area (Å²) in [7, 11) is 0. The Balaban J connectivity index is 0.00000220. The fourth-order valence-corrected chi connectivity index (χ4v) is 2.82. The van der Waals surface area contributed by atoms with Crippen LogP contribution in [0.4, 0.5) is 0 Å². The van der Waals surface area contributed by atoms with Crippen LogP contribution in [0.25, 0.3) is 0 Å². The van der Waals surface area contributed by atoms with Crippen molar-refractivity contribution < 1.29 is 4.79 Å². The lowest BCUT2D eigenvalue weighted by Crippen LogP contribution is -2.42. The monoisotopic (exact) mass is 310 g/mol. The van der Waals surface area contributed by atoms with E-state index >= 15 is 0 Å². The van der Waals surface area contributed by atoms with Gasteiger partial charge in [-0.1, -0.05) is 26.0 Å². The van der Waals surface area contributed by atoms with Crippen LogP contribution >= 0.6 is 12.4 Å². The average Bonchev–Trinajstić information content (AvgIpc) is 2.46. The van der Waals surface area contributed by atoms with E-state index in [1.54, 1.807) is 0 Å². The molecule has 2 rings (SSSR count). The van der Waals surface area contributed by atoms with Gasteiger partial charge in [0.1, 0.15) is 0 Å². The number of piperidine rings is 1. The molecule has 0 radical (unpaired) electrons. The molecule has 0 spiro atoms. The molecule has 4 heteroatoms. The number of carbonyl (C=O) groups is 1. The first kappa shape index (κ1) is 18.0. The third-order valence-corrected chi connectivity index (χ3v) is 4.39. The van der Waals surface area contributed by atoms with Crippen molar-refractivity contribution >= 4 is 18.3 Å². The highest BCUT2D eigenvalue weighted by Crippen LogP contribution is 2.22. The topological polar surface area (TPSA) is 46.3 Å². The molecule has 0 bridgehead atoms. The minimum atomic E-state index is 0. The number of hydrogen-bond donors (Lipinski definition) is 1. The van der Waals surface area contributed by atoms with Crippen molar-refractivity contribution in [1.29, 1.82) is 0 Å². The number of nitrogens with two attached hydrogens (primary N) is 1. The van der Waals surface area contributed by atoms with E-state index in [0.29, 0.717) is 11.8 Å². The molecule has 1 aliphatic rings. The number of benzene rings is 1. The van der Waals surface area contributed by atoms with Crippen LogP contribution in [0, 0.1) is 5.92 Å². The van der Waals surface area contributed by atoms with Gasteiger partial charge in [0, 0.05) is 24.7 Å². The third kappa shape index (κ3) is 4.45. The van der Waals surface area contributed by atoms with Crippen molar-refractivity contribution in [2.75, 3.05) is 13.1 Å². The number of carbonyl (C=O) groups excluding carboxylic acids is 1. The van der Waals surface area contributed by atoms with Crippen LogP contribution in [-0.4, -0.2) is 29.9 Å². The molecule has 0 aromatic heterocycles. The van der Waals surface area contributed by atoms with E-state index in [4.69, 9.17) is 5.73 Å². The quantitative estimate of drug-likeness (QED) is 0.929. The number of hydrogen-bond acceptors (Lipinski definition) is 2. The first-order valence-electron chi connectivity index (χ1n) is 7.64. The third-order valence-electron chi connectivity index (χ3n) is 4.39. The van der Waals surface area contributed by atoms with E-state index in [2.05, 4.69) is 32.9 Å². The van der Waals surface area contributed by atoms with Gasteiger partial charge >= 0.3 is 0 Å². The van der Waals surface area contributed by atoms with Crippen LogP contribution in [0.2, 0.25) is 0 Å². The lowest BCUT2D eigenvalue weighted by atomic mass is 9.90. The zero-order valence-corrected chi connectivity index (χ0v) is 14.0. The van der Waals surface area contributed by atoms with E-state index in [1.807, 2.05) is 17.0 Å². The van der Waals surface area contributed by atoms with Gasteiger partial charge in [0.25, 0.3) is 5.91 Å². The molecule has 1 fully saturated rings. The summed E-state index contributed by atoms with van der Waals surface area (Å²) in [5.74, 6) is 1.21. The van der Waals surface area contributed by atoms with Crippen LogP contribution in [0.3, 0.4) is 0 Å². The molecule has 1 saturated heterocycles. The molecule has 0 saturated carbocycles. The summed E-state index contributed by atoms with van der Waals surface area (Å²) >= 11 is 0. The highest BCUT2D eigenvalue weighted by Gasteiger charge is 2.25. The summed E-state index contributed by atoms with van der Waals surface area (Å²) in [6.45, 7) is 8.05. The van der Waals surface area contributed by atoms with Gasteiger partial charge in [0.05, 0.1) is 0 Å².